The van der Waals surface area contributed by atoms with E-state index in [-0.39, 0.29) is 28.7 Å². The van der Waals surface area contributed by atoms with Crippen molar-refractivity contribution < 1.29 is 9.18 Å². The van der Waals surface area contributed by atoms with E-state index in [1.54, 1.807) is 18.2 Å². The maximum absolute atomic E-state index is 13.4. The van der Waals surface area contributed by atoms with Gasteiger partial charge in [-0.25, -0.2) is 9.07 Å². The zero-order valence-corrected chi connectivity index (χ0v) is 20.2. The van der Waals surface area contributed by atoms with E-state index in [4.69, 9.17) is 0 Å². The summed E-state index contributed by atoms with van der Waals surface area (Å²) >= 11 is 0. The van der Waals surface area contributed by atoms with Crippen LogP contribution in [0.2, 0.25) is 0 Å². The summed E-state index contributed by atoms with van der Waals surface area (Å²) in [5, 5.41) is 7.83. The van der Waals surface area contributed by atoms with Crippen LogP contribution >= 0.6 is 0 Å². The number of hydrogen-bond acceptors (Lipinski definition) is 3. The topological polar surface area (TPSA) is 79.8 Å². The summed E-state index contributed by atoms with van der Waals surface area (Å²) in [5.74, 6) is 0.0437. The number of H-pyrrole nitrogens is 1. The molecule has 1 fully saturated rings. The molecular weight excluding hydrogens is 443 g/mol. The minimum Gasteiger partial charge on any atom is -0.349 e. The average molecular weight is 475 g/mol. The van der Waals surface area contributed by atoms with Crippen molar-refractivity contribution in [1.82, 2.24) is 20.1 Å². The first kappa shape index (κ1) is 23.3. The minimum absolute atomic E-state index is 0.0262. The van der Waals surface area contributed by atoms with Crippen molar-refractivity contribution in [2.75, 3.05) is 0 Å². The fourth-order valence-electron chi connectivity index (χ4n) is 5.86. The van der Waals surface area contributed by atoms with Gasteiger partial charge >= 0.3 is 0 Å². The van der Waals surface area contributed by atoms with Gasteiger partial charge in [-0.3, -0.25) is 9.59 Å². The van der Waals surface area contributed by atoms with Crippen molar-refractivity contribution in [2.45, 2.75) is 58.4 Å². The quantitative estimate of drug-likeness (QED) is 0.503. The lowest BCUT2D eigenvalue weighted by atomic mass is 9.68. The van der Waals surface area contributed by atoms with E-state index in [1.807, 2.05) is 10.9 Å². The number of halogens is 1. The molecule has 2 aliphatic carbocycles. The highest BCUT2D eigenvalue weighted by molar-refractivity contribution is 5.94. The summed E-state index contributed by atoms with van der Waals surface area (Å²) in [6.45, 7) is 4.49. The summed E-state index contributed by atoms with van der Waals surface area (Å²) in [5.41, 5.74) is 4.86. The van der Waals surface area contributed by atoms with Gasteiger partial charge < -0.3 is 10.3 Å². The monoisotopic (exact) mass is 474 g/mol. The normalized spacial score (nSPS) is 21.7. The molecule has 3 aromatic rings. The zero-order valence-electron chi connectivity index (χ0n) is 20.2. The molecule has 1 aromatic carbocycles. The van der Waals surface area contributed by atoms with E-state index in [0.29, 0.717) is 11.5 Å². The number of carbonyl (C=O) groups is 1. The third-order valence-corrected chi connectivity index (χ3v) is 7.81. The molecule has 1 saturated carbocycles. The van der Waals surface area contributed by atoms with Gasteiger partial charge in [-0.15, -0.1) is 0 Å². The number of amides is 1. The number of hydrogen-bond donors (Lipinski definition) is 2. The molecule has 2 N–H and O–H groups in total. The Morgan fingerprint density at radius 3 is 2.80 bits per heavy atom. The van der Waals surface area contributed by atoms with Gasteiger partial charge in [-0.2, -0.15) is 5.10 Å². The lowest BCUT2D eigenvalue weighted by Gasteiger charge is -2.37. The third kappa shape index (κ3) is 4.47. The predicted molar refractivity (Wildman–Crippen MR) is 134 cm³/mol. The summed E-state index contributed by atoms with van der Waals surface area (Å²) in [4.78, 5) is 26.7. The summed E-state index contributed by atoms with van der Waals surface area (Å²) in [7, 11) is 0. The predicted octanol–water partition coefficient (Wildman–Crippen LogP) is 5.04. The number of nitrogens with one attached hydrogen (secondary N) is 2. The highest BCUT2D eigenvalue weighted by atomic mass is 19.1. The largest absolute Gasteiger partial charge is 0.349 e. The van der Waals surface area contributed by atoms with Crippen LogP contribution in [0.1, 0.15) is 67.6 Å². The Morgan fingerprint density at radius 2 is 2.09 bits per heavy atom. The zero-order chi connectivity index (χ0) is 24.6. The minimum atomic E-state index is -0.256. The van der Waals surface area contributed by atoms with Crippen molar-refractivity contribution in [3.63, 3.8) is 0 Å². The van der Waals surface area contributed by atoms with E-state index < -0.39 is 0 Å². The molecule has 0 saturated heterocycles. The van der Waals surface area contributed by atoms with Crippen LogP contribution in [0, 0.1) is 17.2 Å². The van der Waals surface area contributed by atoms with E-state index >= 15 is 0 Å². The standard InChI is InChI=1S/C28H31FN4O2/c1-3-4-23(32-27(35)18-5-12-26(34)30-16-18)13-20-6-7-21-14-25-19(15-28(20,21)2)17-31-33(25)24-10-8-22(29)9-11-24/h5,8-12,14,16-17,20,23H,3-4,6-7,13,15H2,1-2H3,(H,30,34)(H,32,35)/t20-,23?,28-/m1/s1. The Morgan fingerprint density at radius 1 is 1.29 bits per heavy atom. The Bertz CT molecular complexity index is 1300. The second-order valence-corrected chi connectivity index (χ2v) is 10.1. The molecule has 6 nitrogen and oxygen atoms in total. The van der Waals surface area contributed by atoms with Crippen LogP contribution in [-0.4, -0.2) is 26.7 Å². The Labute approximate surface area is 204 Å². The van der Waals surface area contributed by atoms with Gasteiger partial charge in [0.15, 0.2) is 0 Å². The molecule has 2 heterocycles. The molecule has 182 valence electrons. The Hall–Kier alpha value is -3.48. The number of nitrogens with zero attached hydrogens (tertiary/aromatic N) is 2. The third-order valence-electron chi connectivity index (χ3n) is 7.81. The molecule has 3 atom stereocenters. The van der Waals surface area contributed by atoms with Crippen LogP contribution in [0.25, 0.3) is 11.8 Å². The van der Waals surface area contributed by atoms with Crippen molar-refractivity contribution in [2.24, 2.45) is 11.3 Å². The van der Waals surface area contributed by atoms with E-state index in [1.165, 1.54) is 35.5 Å². The average Bonchev–Trinajstić information content (AvgIpc) is 3.38. The second-order valence-electron chi connectivity index (χ2n) is 10.1. The molecule has 1 amide bonds. The number of aromatic amines is 1. The molecule has 1 unspecified atom stereocenters. The van der Waals surface area contributed by atoms with Gasteiger partial charge in [0, 0.05) is 18.3 Å². The van der Waals surface area contributed by atoms with Crippen LogP contribution in [-0.2, 0) is 6.42 Å². The number of benzene rings is 1. The molecule has 0 aliphatic heterocycles. The highest BCUT2D eigenvalue weighted by Gasteiger charge is 2.46. The van der Waals surface area contributed by atoms with E-state index in [9.17, 15) is 14.0 Å². The van der Waals surface area contributed by atoms with Crippen LogP contribution in [0.5, 0.6) is 0 Å². The van der Waals surface area contributed by atoms with Gasteiger partial charge in [0.25, 0.3) is 5.91 Å². The highest BCUT2D eigenvalue weighted by Crippen LogP contribution is 2.54. The first-order chi connectivity index (χ1) is 16.9. The number of allylic oxidation sites excluding steroid dienone is 1. The molecule has 0 spiro atoms. The summed E-state index contributed by atoms with van der Waals surface area (Å²) in [6.07, 6.45) is 11.5. The molecule has 35 heavy (non-hydrogen) atoms. The lowest BCUT2D eigenvalue weighted by Crippen LogP contribution is -2.39. The van der Waals surface area contributed by atoms with Crippen LogP contribution in [0.3, 0.4) is 0 Å². The van der Waals surface area contributed by atoms with E-state index in [0.717, 1.165) is 49.9 Å². The fraction of sp³-hybridized carbons (Fsp3) is 0.393. The van der Waals surface area contributed by atoms with Crippen LogP contribution in [0.15, 0.2) is 59.2 Å². The van der Waals surface area contributed by atoms with Crippen molar-refractivity contribution >= 4 is 12.0 Å². The first-order valence-electron chi connectivity index (χ1n) is 12.4. The van der Waals surface area contributed by atoms with Crippen molar-refractivity contribution in [3.05, 3.63) is 87.4 Å². The van der Waals surface area contributed by atoms with Crippen molar-refractivity contribution in [3.8, 4) is 5.69 Å². The van der Waals surface area contributed by atoms with Crippen LogP contribution < -0.4 is 10.9 Å². The lowest BCUT2D eigenvalue weighted by molar-refractivity contribution is 0.0920. The molecular formula is C28H31FN4O2. The van der Waals surface area contributed by atoms with E-state index in [2.05, 4.69) is 35.3 Å². The number of carbonyl (C=O) groups excluding carboxylic acids is 1. The maximum atomic E-state index is 13.4. The molecule has 2 aromatic heterocycles. The summed E-state index contributed by atoms with van der Waals surface area (Å²) < 4.78 is 15.3. The van der Waals surface area contributed by atoms with Gasteiger partial charge in [0.1, 0.15) is 5.82 Å². The molecule has 5 rings (SSSR count). The Kier molecular flexibility index (Phi) is 6.17. The van der Waals surface area contributed by atoms with Crippen LogP contribution in [0.4, 0.5) is 4.39 Å². The van der Waals surface area contributed by atoms with Gasteiger partial charge in [-0.1, -0.05) is 25.8 Å². The molecule has 7 heteroatoms. The SMILES string of the molecule is CCCC(C[C@H]1CCC2=Cc3c(cnn3-c3ccc(F)cc3)C[C@@]21C)NC(=O)c1ccc(=O)[nH]c1. The number of fused-ring (bicyclic) bond motifs is 2. The summed E-state index contributed by atoms with van der Waals surface area (Å²) in [6, 6.07) is 9.46. The van der Waals surface area contributed by atoms with Crippen molar-refractivity contribution in [1.29, 1.82) is 0 Å². The Balaban J connectivity index is 1.34. The molecule has 2 aliphatic rings. The fourth-order valence-corrected chi connectivity index (χ4v) is 5.86. The van der Waals surface area contributed by atoms with Gasteiger partial charge in [-0.05, 0) is 85.4 Å². The van der Waals surface area contributed by atoms with Gasteiger partial charge in [0.05, 0.1) is 23.1 Å². The molecule has 0 radical (unpaired) electrons. The van der Waals surface area contributed by atoms with Gasteiger partial charge in [0.2, 0.25) is 5.56 Å². The number of pyridine rings is 1. The number of aromatic nitrogens is 3. The number of rotatable bonds is 7. The second kappa shape index (κ2) is 9.29. The smallest absolute Gasteiger partial charge is 0.252 e. The first-order valence-corrected chi connectivity index (χ1v) is 12.4. The maximum Gasteiger partial charge on any atom is 0.252 e. The molecule has 0 bridgehead atoms.